The third kappa shape index (κ3) is 7.14. The number of nitrogens with two attached hydrogens (primary N) is 1. The van der Waals surface area contributed by atoms with Gasteiger partial charge in [0.15, 0.2) is 0 Å². The van der Waals surface area contributed by atoms with Crippen molar-refractivity contribution >= 4 is 17.3 Å². The molecular formula is C19H29N3O3. The number of hydrogen-bond acceptors (Lipinski definition) is 5. The molecule has 0 heterocycles. The number of phenolic OH excluding ortho intramolecular Hbond substituents is 1. The van der Waals surface area contributed by atoms with E-state index in [1.54, 1.807) is 36.4 Å². The minimum absolute atomic E-state index is 0.0651. The fourth-order valence-corrected chi connectivity index (χ4v) is 1.79. The summed E-state index contributed by atoms with van der Waals surface area (Å²) in [6.07, 6.45) is 0. The van der Waals surface area contributed by atoms with Gasteiger partial charge in [0.05, 0.1) is 18.0 Å². The molecule has 2 aromatic rings. The number of ether oxygens (including phenoxy) is 1. The van der Waals surface area contributed by atoms with Gasteiger partial charge in [-0.2, -0.15) is 0 Å². The molecule has 6 heteroatoms. The normalized spacial score (nSPS) is 8.88. The largest absolute Gasteiger partial charge is 0.506 e. The van der Waals surface area contributed by atoms with E-state index >= 15 is 0 Å². The molecule has 0 aromatic heterocycles. The Morgan fingerprint density at radius 3 is 2.16 bits per heavy atom. The van der Waals surface area contributed by atoms with E-state index in [0.29, 0.717) is 29.3 Å². The van der Waals surface area contributed by atoms with Gasteiger partial charge in [0.2, 0.25) is 0 Å². The van der Waals surface area contributed by atoms with E-state index in [-0.39, 0.29) is 11.7 Å². The molecule has 2 aromatic carbocycles. The fraction of sp³-hybridized carbons (Fsp3) is 0.316. The Hall–Kier alpha value is -2.73. The van der Waals surface area contributed by atoms with E-state index in [2.05, 4.69) is 10.7 Å². The molecule has 0 bridgehead atoms. The molecule has 0 aliphatic heterocycles. The Labute approximate surface area is 150 Å². The molecular weight excluding hydrogens is 318 g/mol. The Bertz CT molecular complexity index is 628. The van der Waals surface area contributed by atoms with E-state index in [0.717, 1.165) is 0 Å². The van der Waals surface area contributed by atoms with Gasteiger partial charge in [-0.25, -0.2) is 0 Å². The van der Waals surface area contributed by atoms with Gasteiger partial charge in [-0.1, -0.05) is 27.7 Å². The van der Waals surface area contributed by atoms with Gasteiger partial charge in [0.25, 0.3) is 5.91 Å². The van der Waals surface area contributed by atoms with E-state index in [4.69, 9.17) is 10.6 Å². The summed E-state index contributed by atoms with van der Waals surface area (Å²) in [7, 11) is 0. The van der Waals surface area contributed by atoms with Crippen LogP contribution in [-0.4, -0.2) is 17.6 Å². The number of hydrazine groups is 1. The summed E-state index contributed by atoms with van der Waals surface area (Å²) in [4.78, 5) is 12.1. The molecule has 0 atom stereocenters. The highest BCUT2D eigenvalue weighted by Gasteiger charge is 2.09. The molecule has 25 heavy (non-hydrogen) atoms. The number of nitrogen functional groups attached to an aromatic ring is 1. The molecule has 2 rings (SSSR count). The molecule has 138 valence electrons. The van der Waals surface area contributed by atoms with Crippen molar-refractivity contribution in [1.82, 2.24) is 0 Å². The number of nitrogens with one attached hydrogen (secondary N) is 2. The van der Waals surface area contributed by atoms with Crippen molar-refractivity contribution in [2.45, 2.75) is 34.6 Å². The lowest BCUT2D eigenvalue weighted by Crippen LogP contribution is -2.12. The van der Waals surface area contributed by atoms with Crippen molar-refractivity contribution in [1.29, 1.82) is 0 Å². The summed E-state index contributed by atoms with van der Waals surface area (Å²) in [5.41, 5.74) is 3.74. The average molecular weight is 347 g/mol. The first kappa shape index (κ1) is 22.3. The maximum Gasteiger partial charge on any atom is 0.255 e. The van der Waals surface area contributed by atoms with Crippen molar-refractivity contribution in [2.75, 3.05) is 17.3 Å². The van der Waals surface area contributed by atoms with Crippen molar-refractivity contribution < 1.29 is 14.6 Å². The number of benzene rings is 2. The SMILES string of the molecule is CC.CC.CCOc1ccc(C(=O)Nc2ccc(NN)cc2O)cc1. The molecule has 6 nitrogen and oxygen atoms in total. The number of anilines is 2. The third-order valence-corrected chi connectivity index (χ3v) is 2.84. The van der Waals surface area contributed by atoms with Crippen LogP contribution in [0.2, 0.25) is 0 Å². The number of carbonyl (C=O) groups excluding carboxylic acids is 1. The lowest BCUT2D eigenvalue weighted by atomic mass is 10.2. The minimum atomic E-state index is -0.318. The molecule has 0 saturated carbocycles. The van der Waals surface area contributed by atoms with Crippen molar-refractivity contribution in [3.05, 3.63) is 48.0 Å². The zero-order valence-corrected chi connectivity index (χ0v) is 15.6. The lowest BCUT2D eigenvalue weighted by Gasteiger charge is -2.09. The van der Waals surface area contributed by atoms with E-state index < -0.39 is 0 Å². The second kappa shape index (κ2) is 12.7. The third-order valence-electron chi connectivity index (χ3n) is 2.84. The van der Waals surface area contributed by atoms with E-state index in [9.17, 15) is 9.90 Å². The quantitative estimate of drug-likeness (QED) is 0.366. The summed E-state index contributed by atoms with van der Waals surface area (Å²) < 4.78 is 5.31. The van der Waals surface area contributed by atoms with Gasteiger partial charge >= 0.3 is 0 Å². The predicted octanol–water partition coefficient (Wildman–Crippen LogP) is 4.38. The summed E-state index contributed by atoms with van der Waals surface area (Å²) in [6.45, 7) is 10.5. The Balaban J connectivity index is 0.00000134. The number of amides is 1. The molecule has 0 fully saturated rings. The first-order valence-electron chi connectivity index (χ1n) is 8.48. The minimum Gasteiger partial charge on any atom is -0.506 e. The molecule has 0 radical (unpaired) electrons. The van der Waals surface area contributed by atoms with Crippen LogP contribution in [0.5, 0.6) is 11.5 Å². The maximum absolute atomic E-state index is 12.1. The van der Waals surface area contributed by atoms with Gasteiger partial charge in [-0.15, -0.1) is 0 Å². The number of hydrogen-bond donors (Lipinski definition) is 4. The van der Waals surface area contributed by atoms with Gasteiger partial charge in [0, 0.05) is 11.6 Å². The van der Waals surface area contributed by atoms with E-state index in [1.165, 1.54) is 6.07 Å². The lowest BCUT2D eigenvalue weighted by molar-refractivity contribution is 0.102. The fourth-order valence-electron chi connectivity index (χ4n) is 1.79. The Morgan fingerprint density at radius 2 is 1.68 bits per heavy atom. The summed E-state index contributed by atoms with van der Waals surface area (Å²) in [5, 5.41) is 12.4. The van der Waals surface area contributed by atoms with Crippen LogP contribution in [-0.2, 0) is 0 Å². The Morgan fingerprint density at radius 1 is 1.08 bits per heavy atom. The molecule has 5 N–H and O–H groups in total. The topological polar surface area (TPSA) is 96.6 Å². The van der Waals surface area contributed by atoms with Crippen molar-refractivity contribution in [2.24, 2.45) is 5.84 Å². The predicted molar refractivity (Wildman–Crippen MR) is 104 cm³/mol. The van der Waals surface area contributed by atoms with E-state index in [1.807, 2.05) is 34.6 Å². The molecule has 1 amide bonds. The van der Waals surface area contributed by atoms with Gasteiger partial charge in [0.1, 0.15) is 11.5 Å². The summed E-state index contributed by atoms with van der Waals surface area (Å²) in [5.74, 6) is 5.56. The number of carbonyl (C=O) groups is 1. The molecule has 0 saturated heterocycles. The first-order valence-corrected chi connectivity index (χ1v) is 8.48. The van der Waals surface area contributed by atoms with Crippen LogP contribution in [0.25, 0.3) is 0 Å². The van der Waals surface area contributed by atoms with Gasteiger partial charge < -0.3 is 20.6 Å². The van der Waals surface area contributed by atoms with Gasteiger partial charge in [-0.3, -0.25) is 10.6 Å². The number of rotatable bonds is 5. The van der Waals surface area contributed by atoms with Crippen LogP contribution in [0.15, 0.2) is 42.5 Å². The Kier molecular flexibility index (Phi) is 11.3. The highest BCUT2D eigenvalue weighted by molar-refractivity contribution is 6.05. The monoisotopic (exact) mass is 347 g/mol. The van der Waals surface area contributed by atoms with Crippen LogP contribution >= 0.6 is 0 Å². The van der Waals surface area contributed by atoms with Crippen LogP contribution in [0.3, 0.4) is 0 Å². The maximum atomic E-state index is 12.1. The smallest absolute Gasteiger partial charge is 0.255 e. The van der Waals surface area contributed by atoms with Crippen molar-refractivity contribution in [3.8, 4) is 11.5 Å². The highest BCUT2D eigenvalue weighted by Crippen LogP contribution is 2.26. The van der Waals surface area contributed by atoms with Crippen LogP contribution in [0.4, 0.5) is 11.4 Å². The van der Waals surface area contributed by atoms with Crippen LogP contribution in [0.1, 0.15) is 45.0 Å². The molecule has 0 unspecified atom stereocenters. The summed E-state index contributed by atoms with van der Waals surface area (Å²) >= 11 is 0. The number of phenols is 1. The number of aromatic hydroxyl groups is 1. The van der Waals surface area contributed by atoms with Crippen LogP contribution < -0.4 is 21.3 Å². The standard InChI is InChI=1S/C15H17N3O3.2C2H6/c1-2-21-12-6-3-10(4-7-12)15(20)17-13-8-5-11(18-16)9-14(13)19;2*1-2/h3-9,18-19H,2,16H2,1H3,(H,17,20);2*1-2H3. The zero-order valence-electron chi connectivity index (χ0n) is 15.6. The second-order valence-corrected chi connectivity index (χ2v) is 4.29. The highest BCUT2D eigenvalue weighted by atomic mass is 16.5. The zero-order chi connectivity index (χ0) is 19.2. The summed E-state index contributed by atoms with van der Waals surface area (Å²) in [6, 6.07) is 11.4. The molecule has 0 aliphatic carbocycles. The van der Waals surface area contributed by atoms with Crippen molar-refractivity contribution in [3.63, 3.8) is 0 Å². The van der Waals surface area contributed by atoms with Crippen LogP contribution in [0, 0.1) is 0 Å². The average Bonchev–Trinajstić information content (AvgIpc) is 2.67. The van der Waals surface area contributed by atoms with Gasteiger partial charge in [-0.05, 0) is 43.3 Å². The second-order valence-electron chi connectivity index (χ2n) is 4.29. The molecule has 0 aliphatic rings. The molecule has 0 spiro atoms. The first-order chi connectivity index (χ1) is 12.1.